The average Bonchev–Trinajstić information content (AvgIpc) is 3.69. The van der Waals surface area contributed by atoms with Gasteiger partial charge in [0.05, 0.1) is 12.2 Å². The van der Waals surface area contributed by atoms with Crippen LogP contribution in [-0.2, 0) is 0 Å². The van der Waals surface area contributed by atoms with E-state index in [2.05, 4.69) is 85.8 Å². The fraction of sp³-hybridized carbons (Fsp3) is 0.700. The Kier molecular flexibility index (Phi) is 12.7. The van der Waals surface area contributed by atoms with Crippen LogP contribution in [0.15, 0.2) is 69.9 Å². The van der Waals surface area contributed by atoms with Crippen molar-refractivity contribution < 1.29 is 20.4 Å². The van der Waals surface area contributed by atoms with Crippen LogP contribution in [0.2, 0.25) is 0 Å². The molecule has 4 heteroatoms. The van der Waals surface area contributed by atoms with Crippen molar-refractivity contribution in [3.05, 3.63) is 69.9 Å². The zero-order chi connectivity index (χ0) is 33.0. The largest absolute Gasteiger partial charge is 0.388 e. The van der Waals surface area contributed by atoms with Crippen LogP contribution in [0.1, 0.15) is 121 Å². The normalized spacial score (nSPS) is 43.5. The zero-order valence-electron chi connectivity index (χ0n) is 29.5. The standard InChI is InChI=1S/C20H32O3.C20H32O/c1-12-6-8-15-16(20(15,4)5)10-14(3)19(23)18(22)11-13(2)17(21)9-7-12;1-14-9-11-17-18(20(17,4)5)13-15(2)7-6-8-16(3)19(21)12-10-14/h7,10-11,15-19,21-23H,6,8-9H2,1-5H3;8,10,13,17-19,21H,6-7,9,11-12H2,1-5H3/b12-7-,13-11-,14-10-;14-10-,15-13-,16-8-. The number of aliphatic hydroxyl groups is 4. The molecular formula is C40H64O4. The van der Waals surface area contributed by atoms with E-state index in [1.165, 1.54) is 29.6 Å². The number of rotatable bonds is 0. The lowest BCUT2D eigenvalue weighted by Crippen LogP contribution is -2.26. The van der Waals surface area contributed by atoms with E-state index < -0.39 is 18.3 Å². The van der Waals surface area contributed by atoms with E-state index in [1.54, 1.807) is 13.0 Å². The molecule has 2 fully saturated rings. The van der Waals surface area contributed by atoms with Crippen LogP contribution >= 0.6 is 0 Å². The maximum atomic E-state index is 10.4. The van der Waals surface area contributed by atoms with Crippen LogP contribution in [0.5, 0.6) is 0 Å². The Labute approximate surface area is 269 Å². The van der Waals surface area contributed by atoms with Gasteiger partial charge in [0.2, 0.25) is 0 Å². The quantitative estimate of drug-likeness (QED) is 0.207. The summed E-state index contributed by atoms with van der Waals surface area (Å²) in [6.07, 6.45) is 18.1. The Balaban J connectivity index is 0.000000241. The fourth-order valence-corrected chi connectivity index (χ4v) is 7.48. The van der Waals surface area contributed by atoms with E-state index in [4.69, 9.17) is 0 Å². The van der Waals surface area contributed by atoms with Gasteiger partial charge in [-0.1, -0.05) is 80.9 Å². The summed E-state index contributed by atoms with van der Waals surface area (Å²) in [7, 11) is 0. The number of aliphatic hydroxyl groups excluding tert-OH is 4. The van der Waals surface area contributed by atoms with Crippen LogP contribution in [0.25, 0.3) is 0 Å². The molecule has 8 unspecified atom stereocenters. The van der Waals surface area contributed by atoms with Gasteiger partial charge < -0.3 is 20.4 Å². The number of hydrogen-bond donors (Lipinski definition) is 4. The first-order valence-electron chi connectivity index (χ1n) is 17.2. The molecule has 0 aromatic rings. The van der Waals surface area contributed by atoms with Crippen LogP contribution in [0.3, 0.4) is 0 Å². The summed E-state index contributed by atoms with van der Waals surface area (Å²) in [4.78, 5) is 0. The van der Waals surface area contributed by atoms with Crippen LogP contribution in [-0.4, -0.2) is 44.8 Å². The van der Waals surface area contributed by atoms with Crippen molar-refractivity contribution in [1.82, 2.24) is 0 Å². The van der Waals surface area contributed by atoms with E-state index in [0.29, 0.717) is 29.2 Å². The smallest absolute Gasteiger partial charge is 0.104 e. The first kappa shape index (κ1) is 36.7. The van der Waals surface area contributed by atoms with Gasteiger partial charge in [-0.05, 0) is 144 Å². The van der Waals surface area contributed by atoms with Crippen LogP contribution in [0, 0.1) is 34.5 Å². The summed E-state index contributed by atoms with van der Waals surface area (Å²) in [6, 6.07) is 0. The molecule has 0 heterocycles. The molecule has 4 aliphatic rings. The maximum Gasteiger partial charge on any atom is 0.104 e. The number of allylic oxidation sites excluding steroid dienone is 6. The lowest BCUT2D eigenvalue weighted by Gasteiger charge is -2.18. The van der Waals surface area contributed by atoms with Gasteiger partial charge in [-0.3, -0.25) is 0 Å². The SMILES string of the molecule is C/C1=C/C2C(CC/C(C)=C\CC(O)/C(C)=C\CC1)C2(C)C.C/C1=C/CC(O)/C(C)=C\C(O)C(O)/C(C)=C\C2C(CC1)C2(C)C. The molecule has 2 saturated carbocycles. The van der Waals surface area contributed by atoms with Gasteiger partial charge in [0, 0.05) is 0 Å². The van der Waals surface area contributed by atoms with E-state index in [9.17, 15) is 20.4 Å². The Bertz CT molecular complexity index is 1180. The summed E-state index contributed by atoms with van der Waals surface area (Å²) in [5.41, 5.74) is 7.64. The number of hydrogen-bond acceptors (Lipinski definition) is 4. The minimum atomic E-state index is -0.978. The van der Waals surface area contributed by atoms with E-state index in [0.717, 1.165) is 55.1 Å². The molecule has 4 nitrogen and oxygen atoms in total. The summed E-state index contributed by atoms with van der Waals surface area (Å²) in [5.74, 6) is 2.69. The van der Waals surface area contributed by atoms with E-state index in [1.807, 2.05) is 6.92 Å². The molecule has 0 bridgehead atoms. The monoisotopic (exact) mass is 608 g/mol. The molecule has 0 aromatic carbocycles. The first-order chi connectivity index (χ1) is 20.5. The van der Waals surface area contributed by atoms with Gasteiger partial charge >= 0.3 is 0 Å². The molecule has 0 aliphatic heterocycles. The second-order valence-corrected chi connectivity index (χ2v) is 15.8. The van der Waals surface area contributed by atoms with E-state index >= 15 is 0 Å². The van der Waals surface area contributed by atoms with Crippen molar-refractivity contribution in [2.75, 3.05) is 0 Å². The minimum Gasteiger partial charge on any atom is -0.388 e. The molecule has 0 saturated heterocycles. The lowest BCUT2D eigenvalue weighted by molar-refractivity contribution is 0.0711. The highest BCUT2D eigenvalue weighted by Crippen LogP contribution is 2.62. The summed E-state index contributed by atoms with van der Waals surface area (Å²) >= 11 is 0. The Morgan fingerprint density at radius 3 is 1.55 bits per heavy atom. The van der Waals surface area contributed by atoms with Crippen LogP contribution in [0.4, 0.5) is 0 Å². The van der Waals surface area contributed by atoms with Gasteiger partial charge in [0.15, 0.2) is 0 Å². The van der Waals surface area contributed by atoms with Gasteiger partial charge in [-0.25, -0.2) is 0 Å². The molecule has 0 radical (unpaired) electrons. The van der Waals surface area contributed by atoms with Crippen molar-refractivity contribution in [3.63, 3.8) is 0 Å². The van der Waals surface area contributed by atoms with Crippen molar-refractivity contribution >= 4 is 0 Å². The third-order valence-electron chi connectivity index (χ3n) is 11.5. The molecule has 8 atom stereocenters. The second kappa shape index (κ2) is 15.2. The van der Waals surface area contributed by atoms with Gasteiger partial charge in [0.1, 0.15) is 12.2 Å². The zero-order valence-corrected chi connectivity index (χ0v) is 29.5. The van der Waals surface area contributed by atoms with Crippen molar-refractivity contribution in [2.45, 2.75) is 145 Å². The van der Waals surface area contributed by atoms with Gasteiger partial charge in [0.25, 0.3) is 0 Å². The Morgan fingerprint density at radius 1 is 0.545 bits per heavy atom. The van der Waals surface area contributed by atoms with E-state index in [-0.39, 0.29) is 11.5 Å². The fourth-order valence-electron chi connectivity index (χ4n) is 7.48. The predicted molar refractivity (Wildman–Crippen MR) is 185 cm³/mol. The molecular weight excluding hydrogens is 544 g/mol. The molecule has 0 amide bonds. The molecule has 4 aliphatic carbocycles. The highest BCUT2D eigenvalue weighted by Gasteiger charge is 2.56. The maximum absolute atomic E-state index is 10.4. The molecule has 4 N–H and O–H groups in total. The summed E-state index contributed by atoms with van der Waals surface area (Å²) in [5, 5.41) is 41.0. The van der Waals surface area contributed by atoms with Crippen LogP contribution < -0.4 is 0 Å². The minimum absolute atomic E-state index is 0.262. The summed E-state index contributed by atoms with van der Waals surface area (Å²) in [6.45, 7) is 21.7. The lowest BCUT2D eigenvalue weighted by atomic mass is 9.97. The van der Waals surface area contributed by atoms with Crippen molar-refractivity contribution in [2.24, 2.45) is 34.5 Å². The topological polar surface area (TPSA) is 80.9 Å². The molecule has 44 heavy (non-hydrogen) atoms. The third kappa shape index (κ3) is 9.64. The average molecular weight is 609 g/mol. The Morgan fingerprint density at radius 2 is 1.02 bits per heavy atom. The highest BCUT2D eigenvalue weighted by molar-refractivity contribution is 5.24. The number of fused-ring (bicyclic) bond motifs is 2. The third-order valence-corrected chi connectivity index (χ3v) is 11.5. The first-order valence-corrected chi connectivity index (χ1v) is 17.2. The Hall–Kier alpha value is -1.72. The second-order valence-electron chi connectivity index (χ2n) is 15.8. The molecule has 0 spiro atoms. The van der Waals surface area contributed by atoms with Crippen molar-refractivity contribution in [3.8, 4) is 0 Å². The predicted octanol–water partition coefficient (Wildman–Crippen LogP) is 8.79. The van der Waals surface area contributed by atoms with Gasteiger partial charge in [-0.15, -0.1) is 0 Å². The molecule has 0 aromatic heterocycles. The highest BCUT2D eigenvalue weighted by atomic mass is 16.3. The molecule has 248 valence electrons. The molecule has 4 rings (SSSR count). The summed E-state index contributed by atoms with van der Waals surface area (Å²) < 4.78 is 0. The van der Waals surface area contributed by atoms with Gasteiger partial charge in [-0.2, -0.15) is 0 Å². The van der Waals surface area contributed by atoms with Crippen molar-refractivity contribution in [1.29, 1.82) is 0 Å².